The smallest absolute Gasteiger partial charge is 0.289 e. The van der Waals surface area contributed by atoms with Crippen LogP contribution in [0.4, 0.5) is 4.39 Å². The lowest BCUT2D eigenvalue weighted by Crippen LogP contribution is -2.42. The lowest BCUT2D eigenvalue weighted by molar-refractivity contribution is -0.175. The molecule has 1 saturated heterocycles. The summed E-state index contributed by atoms with van der Waals surface area (Å²) in [6.07, 6.45) is 1.41. The average molecular weight is 456 g/mol. The lowest BCUT2D eigenvalue weighted by atomic mass is 10.2. The van der Waals surface area contributed by atoms with Crippen LogP contribution in [0.15, 0.2) is 34.4 Å². The molecule has 0 aliphatic carbocycles. The van der Waals surface area contributed by atoms with Gasteiger partial charge in [-0.15, -0.1) is 0 Å². The standard InChI is InChI=1S/C20H26FN3O6S/c1-29-24(12-14-3-4-15(21)11-17(14)31(2)28)19(26)16-13-23(20(27)18(16)25)6-5-22-7-9-30-10-8-22/h3-4,11,25H,5-10,12-13H2,1-2H3. The fourth-order valence-electron chi connectivity index (χ4n) is 3.50. The zero-order valence-electron chi connectivity index (χ0n) is 17.5. The first-order chi connectivity index (χ1) is 14.8. The van der Waals surface area contributed by atoms with E-state index in [9.17, 15) is 23.3 Å². The number of carbonyl (C=O) groups is 2. The van der Waals surface area contributed by atoms with Crippen LogP contribution >= 0.6 is 0 Å². The molecule has 3 rings (SSSR count). The van der Waals surface area contributed by atoms with Gasteiger partial charge in [-0.25, -0.2) is 9.45 Å². The van der Waals surface area contributed by atoms with Crippen LogP contribution in [0.2, 0.25) is 0 Å². The first-order valence-corrected chi connectivity index (χ1v) is 11.4. The molecule has 2 heterocycles. The number of morpholine rings is 1. The molecule has 2 amide bonds. The minimum atomic E-state index is -1.48. The molecule has 0 bridgehead atoms. The van der Waals surface area contributed by atoms with E-state index in [1.54, 1.807) is 0 Å². The van der Waals surface area contributed by atoms with Crippen molar-refractivity contribution in [3.05, 3.63) is 40.9 Å². The molecule has 0 aromatic heterocycles. The molecular formula is C20H26FN3O6S. The zero-order chi connectivity index (χ0) is 22.5. The van der Waals surface area contributed by atoms with E-state index >= 15 is 0 Å². The normalized spacial score (nSPS) is 18.5. The second kappa shape index (κ2) is 10.3. The number of aliphatic hydroxyl groups is 1. The number of aliphatic hydroxyl groups excluding tert-OH is 1. The molecule has 1 aromatic rings. The SMILES string of the molecule is CON(Cc1ccc(F)cc1S(C)=O)C(=O)C1=C(O)C(=O)N(CCN2CCOCC2)C1. The fourth-order valence-corrected chi connectivity index (χ4v) is 4.28. The fraction of sp³-hybridized carbons (Fsp3) is 0.500. The number of ether oxygens (including phenoxy) is 1. The number of hydrogen-bond donors (Lipinski definition) is 1. The summed E-state index contributed by atoms with van der Waals surface area (Å²) in [6.45, 7) is 3.62. The largest absolute Gasteiger partial charge is 0.503 e. The van der Waals surface area contributed by atoms with Crippen LogP contribution in [0, 0.1) is 5.82 Å². The van der Waals surface area contributed by atoms with E-state index in [0.29, 0.717) is 31.9 Å². The molecule has 11 heteroatoms. The van der Waals surface area contributed by atoms with E-state index in [0.717, 1.165) is 24.2 Å². The maximum Gasteiger partial charge on any atom is 0.289 e. The first-order valence-electron chi connectivity index (χ1n) is 9.81. The van der Waals surface area contributed by atoms with Gasteiger partial charge in [0, 0.05) is 37.3 Å². The Morgan fingerprint density at radius 2 is 2.03 bits per heavy atom. The molecule has 1 aromatic carbocycles. The van der Waals surface area contributed by atoms with E-state index in [4.69, 9.17) is 9.57 Å². The molecule has 2 aliphatic rings. The summed E-state index contributed by atoms with van der Waals surface area (Å²) in [5, 5.41) is 11.2. The molecule has 9 nitrogen and oxygen atoms in total. The molecular weight excluding hydrogens is 429 g/mol. The second-order valence-corrected chi connectivity index (χ2v) is 8.59. The Hall–Kier alpha value is -2.34. The van der Waals surface area contributed by atoms with Gasteiger partial charge in [0.05, 0.1) is 49.8 Å². The number of rotatable bonds is 8. The number of hydroxylamine groups is 2. The molecule has 170 valence electrons. The van der Waals surface area contributed by atoms with Gasteiger partial charge in [-0.3, -0.25) is 23.5 Å². The monoisotopic (exact) mass is 455 g/mol. The Balaban J connectivity index is 1.68. The van der Waals surface area contributed by atoms with Crippen molar-refractivity contribution in [3.8, 4) is 0 Å². The Morgan fingerprint density at radius 3 is 2.68 bits per heavy atom. The highest BCUT2D eigenvalue weighted by Crippen LogP contribution is 2.22. The van der Waals surface area contributed by atoms with Crippen LogP contribution in [-0.2, 0) is 36.5 Å². The van der Waals surface area contributed by atoms with Gasteiger partial charge in [-0.2, -0.15) is 0 Å². The summed E-state index contributed by atoms with van der Waals surface area (Å²) >= 11 is 0. The third kappa shape index (κ3) is 5.48. The van der Waals surface area contributed by atoms with Crippen molar-refractivity contribution in [2.75, 3.05) is 59.3 Å². The van der Waals surface area contributed by atoms with Gasteiger partial charge in [0.1, 0.15) is 5.82 Å². The number of benzene rings is 1. The van der Waals surface area contributed by atoms with Gasteiger partial charge in [-0.1, -0.05) is 6.07 Å². The van der Waals surface area contributed by atoms with Gasteiger partial charge in [0.2, 0.25) is 0 Å². The molecule has 1 fully saturated rings. The number of carbonyl (C=O) groups excluding carboxylic acids is 2. The topological polar surface area (TPSA) is 99.6 Å². The number of amides is 2. The van der Waals surface area contributed by atoms with Crippen molar-refractivity contribution >= 4 is 22.6 Å². The van der Waals surface area contributed by atoms with Crippen molar-refractivity contribution in [3.63, 3.8) is 0 Å². The molecule has 1 atom stereocenters. The summed E-state index contributed by atoms with van der Waals surface area (Å²) < 4.78 is 30.8. The molecule has 0 radical (unpaired) electrons. The van der Waals surface area contributed by atoms with E-state index in [-0.39, 0.29) is 23.6 Å². The summed E-state index contributed by atoms with van der Waals surface area (Å²) in [5.74, 6) is -2.43. The first kappa shape index (κ1) is 23.3. The van der Waals surface area contributed by atoms with Crippen LogP contribution < -0.4 is 0 Å². The number of nitrogens with zero attached hydrogens (tertiary/aromatic N) is 3. The Bertz CT molecular complexity index is 903. The predicted octanol–water partition coefficient (Wildman–Crippen LogP) is 0.440. The summed E-state index contributed by atoms with van der Waals surface area (Å²) in [6, 6.07) is 3.77. The quantitative estimate of drug-likeness (QED) is 0.568. The molecule has 0 spiro atoms. The van der Waals surface area contributed by atoms with Crippen LogP contribution in [-0.4, -0.2) is 95.3 Å². The minimum Gasteiger partial charge on any atom is -0.503 e. The summed E-state index contributed by atoms with van der Waals surface area (Å²) in [7, 11) is -0.207. The average Bonchev–Trinajstić information content (AvgIpc) is 3.05. The van der Waals surface area contributed by atoms with Gasteiger partial charge in [-0.05, 0) is 17.7 Å². The summed E-state index contributed by atoms with van der Waals surface area (Å²) in [4.78, 5) is 34.3. The molecule has 1 N–H and O–H groups in total. The van der Waals surface area contributed by atoms with Crippen LogP contribution in [0.5, 0.6) is 0 Å². The number of halogens is 1. The van der Waals surface area contributed by atoms with Crippen LogP contribution in [0.25, 0.3) is 0 Å². The Morgan fingerprint density at radius 1 is 1.32 bits per heavy atom. The Kier molecular flexibility index (Phi) is 7.76. The second-order valence-electron chi connectivity index (χ2n) is 7.24. The molecule has 1 unspecified atom stereocenters. The van der Waals surface area contributed by atoms with E-state index in [1.165, 1.54) is 30.4 Å². The molecule has 31 heavy (non-hydrogen) atoms. The van der Waals surface area contributed by atoms with Crippen molar-refractivity contribution in [1.82, 2.24) is 14.9 Å². The van der Waals surface area contributed by atoms with Gasteiger partial charge in [0.25, 0.3) is 11.8 Å². The van der Waals surface area contributed by atoms with Crippen LogP contribution in [0.3, 0.4) is 0 Å². The van der Waals surface area contributed by atoms with Gasteiger partial charge < -0.3 is 14.7 Å². The van der Waals surface area contributed by atoms with Crippen molar-refractivity contribution in [1.29, 1.82) is 0 Å². The molecule has 2 aliphatic heterocycles. The van der Waals surface area contributed by atoms with Crippen molar-refractivity contribution in [2.24, 2.45) is 0 Å². The minimum absolute atomic E-state index is 0.0380. The predicted molar refractivity (Wildman–Crippen MR) is 110 cm³/mol. The van der Waals surface area contributed by atoms with Gasteiger partial charge >= 0.3 is 0 Å². The zero-order valence-corrected chi connectivity index (χ0v) is 18.3. The van der Waals surface area contributed by atoms with Crippen molar-refractivity contribution < 1.29 is 32.9 Å². The maximum atomic E-state index is 13.5. The maximum absolute atomic E-state index is 13.5. The third-order valence-electron chi connectivity index (χ3n) is 5.27. The highest BCUT2D eigenvalue weighted by Gasteiger charge is 2.36. The van der Waals surface area contributed by atoms with Gasteiger partial charge in [0.15, 0.2) is 5.76 Å². The highest BCUT2D eigenvalue weighted by molar-refractivity contribution is 7.84. The highest BCUT2D eigenvalue weighted by atomic mass is 32.2. The Labute approximate surface area is 182 Å². The lowest BCUT2D eigenvalue weighted by Gasteiger charge is -2.28. The van der Waals surface area contributed by atoms with Crippen molar-refractivity contribution in [2.45, 2.75) is 11.4 Å². The van der Waals surface area contributed by atoms with E-state index in [1.807, 2.05) is 0 Å². The van der Waals surface area contributed by atoms with E-state index < -0.39 is 34.2 Å². The number of hydrogen-bond acceptors (Lipinski definition) is 7. The summed E-state index contributed by atoms with van der Waals surface area (Å²) in [5.41, 5.74) is 0.362. The molecule has 0 saturated carbocycles. The van der Waals surface area contributed by atoms with E-state index in [2.05, 4.69) is 4.90 Å². The van der Waals surface area contributed by atoms with Crippen LogP contribution in [0.1, 0.15) is 5.56 Å². The third-order valence-corrected chi connectivity index (χ3v) is 6.27.